The van der Waals surface area contributed by atoms with Crippen LogP contribution >= 0.6 is 11.6 Å². The van der Waals surface area contributed by atoms with Gasteiger partial charge in [0.15, 0.2) is 5.82 Å². The van der Waals surface area contributed by atoms with E-state index in [1.807, 2.05) is 42.5 Å². The number of ether oxygens (including phenoxy) is 1. The predicted octanol–water partition coefficient (Wildman–Crippen LogP) is 3.75. The molecular formula is C21H21ClN4O2. The minimum absolute atomic E-state index is 0.0601. The minimum atomic E-state index is -0.140. The Morgan fingerprint density at radius 3 is 2.79 bits per heavy atom. The Hall–Kier alpha value is -2.99. The van der Waals surface area contributed by atoms with Gasteiger partial charge in [0.05, 0.1) is 23.4 Å². The van der Waals surface area contributed by atoms with Gasteiger partial charge in [-0.1, -0.05) is 23.7 Å². The van der Waals surface area contributed by atoms with Gasteiger partial charge in [-0.3, -0.25) is 9.89 Å². The number of H-pyrrole nitrogens is 1. The monoisotopic (exact) mass is 396 g/mol. The van der Waals surface area contributed by atoms with Crippen LogP contribution < -0.4 is 15.0 Å². The summed E-state index contributed by atoms with van der Waals surface area (Å²) in [5.41, 5.74) is 2.49. The van der Waals surface area contributed by atoms with E-state index in [4.69, 9.17) is 16.3 Å². The molecule has 2 heterocycles. The van der Waals surface area contributed by atoms with Crippen LogP contribution in [0.2, 0.25) is 5.02 Å². The molecule has 144 valence electrons. The van der Waals surface area contributed by atoms with Crippen molar-refractivity contribution in [3.63, 3.8) is 0 Å². The molecule has 0 aliphatic carbocycles. The third-order valence-corrected chi connectivity index (χ3v) is 5.26. The van der Waals surface area contributed by atoms with E-state index >= 15 is 0 Å². The van der Waals surface area contributed by atoms with Crippen molar-refractivity contribution in [1.82, 2.24) is 15.5 Å². The molecule has 6 nitrogen and oxygen atoms in total. The summed E-state index contributed by atoms with van der Waals surface area (Å²) in [6, 6.07) is 17.0. The highest BCUT2D eigenvalue weighted by atomic mass is 35.5. The van der Waals surface area contributed by atoms with Crippen LogP contribution in [0.15, 0.2) is 54.6 Å². The number of nitrogens with zero attached hydrogens (tertiary/aromatic N) is 2. The summed E-state index contributed by atoms with van der Waals surface area (Å²) in [5.74, 6) is 1.55. The quantitative estimate of drug-likeness (QED) is 0.689. The van der Waals surface area contributed by atoms with Crippen LogP contribution in [0.5, 0.6) is 5.75 Å². The summed E-state index contributed by atoms with van der Waals surface area (Å²) < 4.78 is 5.20. The maximum Gasteiger partial charge on any atom is 0.253 e. The van der Waals surface area contributed by atoms with Crippen LogP contribution in [0, 0.1) is 0 Å². The third kappa shape index (κ3) is 3.82. The molecule has 0 radical (unpaired) electrons. The molecule has 0 spiro atoms. The summed E-state index contributed by atoms with van der Waals surface area (Å²) in [7, 11) is 1.65. The first-order valence-electron chi connectivity index (χ1n) is 9.14. The van der Waals surface area contributed by atoms with E-state index in [2.05, 4.69) is 20.4 Å². The molecule has 1 amide bonds. The van der Waals surface area contributed by atoms with Crippen LogP contribution in [0.3, 0.4) is 0 Å². The minimum Gasteiger partial charge on any atom is -0.497 e. The summed E-state index contributed by atoms with van der Waals surface area (Å²) >= 11 is 6.12. The number of carbonyl (C=O) groups is 1. The average Bonchev–Trinajstić information content (AvgIpc) is 3.38. The lowest BCUT2D eigenvalue weighted by Crippen LogP contribution is -2.37. The zero-order valence-electron chi connectivity index (χ0n) is 15.5. The number of anilines is 1. The van der Waals surface area contributed by atoms with Gasteiger partial charge in [0, 0.05) is 25.2 Å². The Bertz CT molecular complexity index is 971. The molecule has 0 saturated carbocycles. The number of carbonyl (C=O) groups excluding carboxylic acids is 1. The molecule has 1 aromatic heterocycles. The van der Waals surface area contributed by atoms with E-state index < -0.39 is 0 Å². The topological polar surface area (TPSA) is 70.2 Å². The molecular weight excluding hydrogens is 376 g/mol. The maximum atomic E-state index is 12.5. The Morgan fingerprint density at radius 2 is 2.04 bits per heavy atom. The Morgan fingerprint density at radius 1 is 1.25 bits per heavy atom. The van der Waals surface area contributed by atoms with Crippen LogP contribution in [0.25, 0.3) is 11.3 Å². The van der Waals surface area contributed by atoms with Crippen molar-refractivity contribution in [2.75, 3.05) is 25.1 Å². The van der Waals surface area contributed by atoms with Gasteiger partial charge in [-0.15, -0.1) is 0 Å². The number of benzene rings is 2. The highest BCUT2D eigenvalue weighted by Gasteiger charge is 2.26. The second kappa shape index (κ2) is 7.94. The van der Waals surface area contributed by atoms with Gasteiger partial charge in [0.2, 0.25) is 0 Å². The molecule has 1 saturated heterocycles. The number of hydrogen-bond donors (Lipinski definition) is 2. The van der Waals surface area contributed by atoms with Gasteiger partial charge in [0.1, 0.15) is 5.75 Å². The van der Waals surface area contributed by atoms with Crippen LogP contribution in [-0.4, -0.2) is 42.3 Å². The zero-order valence-corrected chi connectivity index (χ0v) is 16.2. The summed E-state index contributed by atoms with van der Waals surface area (Å²) in [4.78, 5) is 14.6. The van der Waals surface area contributed by atoms with Crippen LogP contribution in [-0.2, 0) is 0 Å². The number of nitrogens with one attached hydrogen (secondary N) is 2. The molecule has 1 fully saturated rings. The third-order valence-electron chi connectivity index (χ3n) is 4.93. The average molecular weight is 397 g/mol. The van der Waals surface area contributed by atoms with E-state index in [1.165, 1.54) is 0 Å². The van der Waals surface area contributed by atoms with Crippen molar-refractivity contribution in [1.29, 1.82) is 0 Å². The number of aromatic nitrogens is 2. The van der Waals surface area contributed by atoms with Crippen molar-refractivity contribution < 1.29 is 9.53 Å². The Kier molecular flexibility index (Phi) is 5.21. The zero-order chi connectivity index (χ0) is 19.5. The molecule has 28 heavy (non-hydrogen) atoms. The van der Waals surface area contributed by atoms with Gasteiger partial charge in [-0.25, -0.2) is 0 Å². The first-order valence-corrected chi connectivity index (χ1v) is 9.52. The van der Waals surface area contributed by atoms with E-state index in [9.17, 15) is 4.79 Å². The molecule has 0 bridgehead atoms. The van der Waals surface area contributed by atoms with Crippen LogP contribution in [0.4, 0.5) is 5.82 Å². The molecule has 3 aromatic rings. The fourth-order valence-electron chi connectivity index (χ4n) is 3.39. The molecule has 1 atom stereocenters. The van der Waals surface area contributed by atoms with Crippen molar-refractivity contribution in [3.8, 4) is 17.0 Å². The molecule has 2 aromatic carbocycles. The smallest absolute Gasteiger partial charge is 0.253 e. The van der Waals surface area contributed by atoms with E-state index in [-0.39, 0.29) is 11.9 Å². The van der Waals surface area contributed by atoms with Gasteiger partial charge in [0.25, 0.3) is 5.91 Å². The predicted molar refractivity (Wildman–Crippen MR) is 110 cm³/mol. The Labute approximate surface area is 168 Å². The second-order valence-electron chi connectivity index (χ2n) is 6.75. The number of halogens is 1. The van der Waals surface area contributed by atoms with E-state index in [0.29, 0.717) is 17.1 Å². The highest BCUT2D eigenvalue weighted by molar-refractivity contribution is 6.33. The number of aromatic amines is 1. The van der Waals surface area contributed by atoms with Gasteiger partial charge in [-0.2, -0.15) is 5.10 Å². The molecule has 7 heteroatoms. The first kappa shape index (κ1) is 18.4. The van der Waals surface area contributed by atoms with E-state index in [1.54, 1.807) is 19.2 Å². The fourth-order valence-corrected chi connectivity index (χ4v) is 3.61. The number of methoxy groups -OCH3 is 1. The van der Waals surface area contributed by atoms with Crippen molar-refractivity contribution in [2.24, 2.45) is 0 Å². The molecule has 2 N–H and O–H groups in total. The van der Waals surface area contributed by atoms with Crippen molar-refractivity contribution >= 4 is 23.3 Å². The second-order valence-corrected chi connectivity index (χ2v) is 7.16. The first-order chi connectivity index (χ1) is 13.6. The molecule has 0 unspecified atom stereocenters. The van der Waals surface area contributed by atoms with Crippen molar-refractivity contribution in [3.05, 3.63) is 65.2 Å². The summed E-state index contributed by atoms with van der Waals surface area (Å²) in [5, 5.41) is 11.1. The summed E-state index contributed by atoms with van der Waals surface area (Å²) in [6.07, 6.45) is 0.862. The molecule has 4 rings (SSSR count). The summed E-state index contributed by atoms with van der Waals surface area (Å²) in [6.45, 7) is 1.55. The van der Waals surface area contributed by atoms with Crippen LogP contribution in [0.1, 0.15) is 16.8 Å². The van der Waals surface area contributed by atoms with Crippen molar-refractivity contribution in [2.45, 2.75) is 12.5 Å². The standard InChI is InChI=1S/C21H21ClN4O2/c1-28-16-8-6-14(7-9-16)19-12-20(25-24-19)26-11-10-15(13-26)23-21(27)17-4-2-3-5-18(17)22/h2-9,12,15H,10-11,13H2,1H3,(H,23,27)(H,24,25)/t15-/m0/s1. The number of rotatable bonds is 5. The SMILES string of the molecule is COc1ccc(-c2cc(N3CC[C@H](NC(=O)c4ccccc4Cl)C3)n[nH]2)cc1. The lowest BCUT2D eigenvalue weighted by molar-refractivity contribution is 0.0940. The lowest BCUT2D eigenvalue weighted by Gasteiger charge is -2.16. The van der Waals surface area contributed by atoms with Gasteiger partial charge in [-0.05, 0) is 48.4 Å². The highest BCUT2D eigenvalue weighted by Crippen LogP contribution is 2.26. The van der Waals surface area contributed by atoms with Gasteiger partial charge < -0.3 is 15.0 Å². The number of hydrogen-bond acceptors (Lipinski definition) is 4. The molecule has 1 aliphatic rings. The molecule has 1 aliphatic heterocycles. The van der Waals surface area contributed by atoms with Gasteiger partial charge >= 0.3 is 0 Å². The fraction of sp³-hybridized carbons (Fsp3) is 0.238. The van der Waals surface area contributed by atoms with E-state index in [0.717, 1.165) is 35.8 Å². The lowest BCUT2D eigenvalue weighted by atomic mass is 10.1. The Balaban J connectivity index is 1.40. The normalized spacial score (nSPS) is 16.2. The largest absolute Gasteiger partial charge is 0.497 e. The maximum absolute atomic E-state index is 12.5. The number of amides is 1.